The molecule has 0 unspecified atom stereocenters. The fourth-order valence-electron chi connectivity index (χ4n) is 1.33. The number of methoxy groups -OCH3 is 1. The summed E-state index contributed by atoms with van der Waals surface area (Å²) < 4.78 is 31.7. The summed E-state index contributed by atoms with van der Waals surface area (Å²) >= 11 is 0. The van der Waals surface area contributed by atoms with Crippen LogP contribution < -0.4 is 5.32 Å². The lowest BCUT2D eigenvalue weighted by atomic mass is 10.1. The quantitative estimate of drug-likeness (QED) is 0.672. The zero-order valence-corrected chi connectivity index (χ0v) is 10.6. The Morgan fingerprint density at radius 2 is 1.76 bits per heavy atom. The summed E-state index contributed by atoms with van der Waals surface area (Å²) in [5.74, 6) is -3.98. The van der Waals surface area contributed by atoms with Crippen molar-refractivity contribution in [3.05, 3.63) is 40.6 Å². The molecule has 8 heteroatoms. The number of carbonyl (C=O) groups excluding carboxylic acids is 1. The van der Waals surface area contributed by atoms with E-state index in [1.165, 1.54) is 18.2 Å². The Morgan fingerprint density at radius 1 is 1.14 bits per heavy atom. The van der Waals surface area contributed by atoms with Gasteiger partial charge < -0.3 is 10.1 Å². The van der Waals surface area contributed by atoms with E-state index in [1.807, 2.05) is 0 Å². The summed E-state index contributed by atoms with van der Waals surface area (Å²) in [5, 5.41) is 28.2. The van der Waals surface area contributed by atoms with Crippen LogP contribution in [0, 0.1) is 45.6 Å². The number of hydrogen-bond acceptors (Lipinski definition) is 6. The van der Waals surface area contributed by atoms with Gasteiger partial charge in [0.05, 0.1) is 18.4 Å². The van der Waals surface area contributed by atoms with Crippen molar-refractivity contribution in [2.45, 2.75) is 0 Å². The molecule has 0 amide bonds. The number of esters is 1. The van der Waals surface area contributed by atoms with Gasteiger partial charge >= 0.3 is 5.97 Å². The number of nitrogens with zero attached hydrogens (tertiary/aromatic N) is 3. The van der Waals surface area contributed by atoms with Gasteiger partial charge in [-0.3, -0.25) is 0 Å². The number of anilines is 1. The summed E-state index contributed by atoms with van der Waals surface area (Å²) in [6.07, 6.45) is 0. The van der Waals surface area contributed by atoms with Crippen molar-refractivity contribution in [3.8, 4) is 18.2 Å². The van der Waals surface area contributed by atoms with Crippen molar-refractivity contribution >= 4 is 11.7 Å². The minimum atomic E-state index is -1.47. The van der Waals surface area contributed by atoms with Gasteiger partial charge in [-0.2, -0.15) is 15.8 Å². The number of carbonyl (C=O) groups is 1. The highest BCUT2D eigenvalue weighted by molar-refractivity contribution is 5.90. The van der Waals surface area contributed by atoms with Crippen molar-refractivity contribution in [3.63, 3.8) is 0 Å². The fraction of sp³-hybridized carbons (Fsp3) is 0.0769. The molecule has 104 valence electrons. The molecule has 0 heterocycles. The minimum absolute atomic E-state index is 0.500. The Labute approximate surface area is 118 Å². The summed E-state index contributed by atoms with van der Waals surface area (Å²) in [6.45, 7) is 0. The molecule has 0 fully saturated rings. The van der Waals surface area contributed by atoms with E-state index in [9.17, 15) is 13.6 Å². The van der Waals surface area contributed by atoms with E-state index in [2.05, 4.69) is 10.1 Å². The van der Waals surface area contributed by atoms with Gasteiger partial charge in [0.1, 0.15) is 23.9 Å². The van der Waals surface area contributed by atoms with Gasteiger partial charge in [0, 0.05) is 0 Å². The lowest BCUT2D eigenvalue weighted by molar-refractivity contribution is 0.0594. The van der Waals surface area contributed by atoms with Crippen LogP contribution in [0.15, 0.2) is 23.4 Å². The molecule has 0 saturated heterocycles. The van der Waals surface area contributed by atoms with Crippen molar-refractivity contribution in [1.29, 1.82) is 15.8 Å². The molecule has 1 rings (SSSR count). The van der Waals surface area contributed by atoms with E-state index < -0.39 is 40.1 Å². The van der Waals surface area contributed by atoms with Gasteiger partial charge in [-0.05, 0) is 12.1 Å². The normalized spacial score (nSPS) is 8.76. The molecule has 0 aliphatic heterocycles. The van der Waals surface area contributed by atoms with Crippen LogP contribution in [0.25, 0.3) is 0 Å². The van der Waals surface area contributed by atoms with Gasteiger partial charge in [-0.1, -0.05) is 0 Å². The van der Waals surface area contributed by atoms with Crippen molar-refractivity contribution in [2.24, 2.45) is 0 Å². The first-order chi connectivity index (χ1) is 9.99. The monoisotopic (exact) mass is 288 g/mol. The smallest absolute Gasteiger partial charge is 0.340 e. The molecule has 0 aromatic heterocycles. The van der Waals surface area contributed by atoms with Gasteiger partial charge in [0.15, 0.2) is 17.2 Å². The molecule has 0 atom stereocenters. The van der Waals surface area contributed by atoms with Gasteiger partial charge in [0.2, 0.25) is 0 Å². The van der Waals surface area contributed by atoms with Crippen LogP contribution in [-0.4, -0.2) is 13.1 Å². The van der Waals surface area contributed by atoms with E-state index in [1.54, 1.807) is 0 Å². The minimum Gasteiger partial charge on any atom is -0.465 e. The second-order valence-electron chi connectivity index (χ2n) is 3.49. The number of allylic oxidation sites excluding steroid dienone is 2. The Morgan fingerprint density at radius 3 is 2.24 bits per heavy atom. The predicted molar refractivity (Wildman–Crippen MR) is 65.2 cm³/mol. The molecular weight excluding hydrogens is 282 g/mol. The maximum atomic E-state index is 13.8. The second-order valence-corrected chi connectivity index (χ2v) is 3.49. The fourth-order valence-corrected chi connectivity index (χ4v) is 1.33. The van der Waals surface area contributed by atoms with Crippen molar-refractivity contribution in [1.82, 2.24) is 0 Å². The molecule has 0 radical (unpaired) electrons. The molecule has 1 aromatic carbocycles. The molecule has 0 aliphatic rings. The van der Waals surface area contributed by atoms with Crippen molar-refractivity contribution < 1.29 is 18.3 Å². The van der Waals surface area contributed by atoms with E-state index in [-0.39, 0.29) is 0 Å². The zero-order valence-electron chi connectivity index (χ0n) is 10.6. The number of rotatable bonds is 3. The number of benzene rings is 1. The average Bonchev–Trinajstić information content (AvgIpc) is 2.50. The average molecular weight is 288 g/mol. The Balaban J connectivity index is 3.31. The van der Waals surface area contributed by atoms with Crippen LogP contribution in [0.1, 0.15) is 10.4 Å². The molecule has 0 bridgehead atoms. The largest absolute Gasteiger partial charge is 0.465 e. The Hall–Kier alpha value is -3.44. The Bertz CT molecular complexity index is 735. The SMILES string of the molecule is COC(=O)c1ccc(NC(C#N)=C(C#N)C#N)c(F)c1F. The van der Waals surface area contributed by atoms with Crippen LogP contribution in [0.2, 0.25) is 0 Å². The highest BCUT2D eigenvalue weighted by Crippen LogP contribution is 2.23. The molecule has 1 aromatic rings. The first-order valence-corrected chi connectivity index (χ1v) is 5.28. The second kappa shape index (κ2) is 6.65. The van der Waals surface area contributed by atoms with E-state index in [4.69, 9.17) is 15.8 Å². The van der Waals surface area contributed by atoms with Crippen molar-refractivity contribution in [2.75, 3.05) is 12.4 Å². The molecule has 6 nitrogen and oxygen atoms in total. The van der Waals surface area contributed by atoms with Crippen LogP contribution in [-0.2, 0) is 4.74 Å². The highest BCUT2D eigenvalue weighted by Gasteiger charge is 2.20. The summed E-state index contributed by atoms with van der Waals surface area (Å²) in [5.41, 5.74) is -2.25. The molecule has 1 N–H and O–H groups in total. The van der Waals surface area contributed by atoms with Gasteiger partial charge in [-0.15, -0.1) is 0 Å². The standard InChI is InChI=1S/C13H6F2N4O2/c1-21-13(20)8-2-3-9(12(15)11(8)14)19-10(6-18)7(4-16)5-17/h2-3,19H,1H3. The Kier molecular flexibility index (Phi) is 4.94. The highest BCUT2D eigenvalue weighted by atomic mass is 19.2. The van der Waals surface area contributed by atoms with E-state index in [0.29, 0.717) is 0 Å². The third-order valence-electron chi connectivity index (χ3n) is 2.33. The van der Waals surface area contributed by atoms with Gasteiger partial charge in [0.25, 0.3) is 0 Å². The molecule has 21 heavy (non-hydrogen) atoms. The number of nitrogens with one attached hydrogen (secondary N) is 1. The summed E-state index contributed by atoms with van der Waals surface area (Å²) in [7, 11) is 1.01. The zero-order chi connectivity index (χ0) is 16.0. The third-order valence-corrected chi connectivity index (χ3v) is 2.33. The van der Waals surface area contributed by atoms with E-state index >= 15 is 0 Å². The lowest BCUT2D eigenvalue weighted by Gasteiger charge is -2.08. The lowest BCUT2D eigenvalue weighted by Crippen LogP contribution is -2.09. The molecule has 0 spiro atoms. The number of halogens is 2. The molecular formula is C13H6F2N4O2. The van der Waals surface area contributed by atoms with Crippen LogP contribution in [0.4, 0.5) is 14.5 Å². The first-order valence-electron chi connectivity index (χ1n) is 5.28. The third kappa shape index (κ3) is 3.12. The molecule has 0 saturated carbocycles. The maximum Gasteiger partial charge on any atom is 0.340 e. The number of hydrogen-bond donors (Lipinski definition) is 1. The molecule has 0 aliphatic carbocycles. The summed E-state index contributed by atoms with van der Waals surface area (Å²) in [4.78, 5) is 11.2. The predicted octanol–water partition coefficient (Wildman–Crippen LogP) is 1.99. The van der Waals surface area contributed by atoms with Crippen LogP contribution >= 0.6 is 0 Å². The summed E-state index contributed by atoms with van der Waals surface area (Å²) in [6, 6.07) is 6.29. The number of nitriles is 3. The topological polar surface area (TPSA) is 110 Å². The maximum absolute atomic E-state index is 13.8. The first kappa shape index (κ1) is 15.6. The van der Waals surface area contributed by atoms with Crippen LogP contribution in [0.3, 0.4) is 0 Å². The van der Waals surface area contributed by atoms with Crippen LogP contribution in [0.5, 0.6) is 0 Å². The van der Waals surface area contributed by atoms with Gasteiger partial charge in [-0.25, -0.2) is 13.6 Å². The van der Waals surface area contributed by atoms with E-state index in [0.717, 1.165) is 19.2 Å². The number of ether oxygens (including phenoxy) is 1.